The fourth-order valence-corrected chi connectivity index (χ4v) is 3.98. The highest BCUT2D eigenvalue weighted by molar-refractivity contribution is 6.36. The van der Waals surface area contributed by atoms with Crippen molar-refractivity contribution in [2.24, 2.45) is 0 Å². The van der Waals surface area contributed by atoms with Crippen molar-refractivity contribution in [2.45, 2.75) is 19.6 Å². The Labute approximate surface area is 177 Å². The predicted molar refractivity (Wildman–Crippen MR) is 113 cm³/mol. The fourth-order valence-electron chi connectivity index (χ4n) is 3.30. The van der Waals surface area contributed by atoms with Crippen molar-refractivity contribution in [1.82, 2.24) is 9.71 Å². The molecular weight excluding hydrogens is 414 g/mol. The standard InChI is InChI=1S/C22H17Cl2FN2O2/c1-13(21-17(23)6-7-18(25)22(21)24)29-27-9-8-19-20(27)10-15(11-26-19)16-5-3-2-4-14(16)12-28/h2-11,13,28H,12H2,1H3. The molecule has 0 bridgehead atoms. The van der Waals surface area contributed by atoms with Crippen LogP contribution in [0.3, 0.4) is 0 Å². The van der Waals surface area contributed by atoms with Crippen molar-refractivity contribution >= 4 is 34.2 Å². The number of nitrogens with zero attached hydrogens (tertiary/aromatic N) is 2. The second kappa shape index (κ2) is 8.03. The van der Waals surface area contributed by atoms with Crippen LogP contribution in [0.4, 0.5) is 4.39 Å². The first-order valence-corrected chi connectivity index (χ1v) is 9.72. The summed E-state index contributed by atoms with van der Waals surface area (Å²) in [5.74, 6) is -0.552. The summed E-state index contributed by atoms with van der Waals surface area (Å²) in [4.78, 5) is 10.5. The number of fused-ring (bicyclic) bond motifs is 1. The van der Waals surface area contributed by atoms with Gasteiger partial charge in [-0.05, 0) is 42.3 Å². The van der Waals surface area contributed by atoms with Crippen molar-refractivity contribution in [3.63, 3.8) is 0 Å². The third-order valence-electron chi connectivity index (χ3n) is 4.76. The molecule has 7 heteroatoms. The van der Waals surface area contributed by atoms with Gasteiger partial charge in [0.1, 0.15) is 11.3 Å². The van der Waals surface area contributed by atoms with E-state index in [-0.39, 0.29) is 11.6 Å². The second-order valence-corrected chi connectivity index (χ2v) is 7.37. The Hall–Kier alpha value is -2.60. The smallest absolute Gasteiger partial charge is 0.150 e. The van der Waals surface area contributed by atoms with Gasteiger partial charge >= 0.3 is 0 Å². The monoisotopic (exact) mass is 430 g/mol. The quantitative estimate of drug-likeness (QED) is 0.405. The van der Waals surface area contributed by atoms with Crippen LogP contribution in [-0.4, -0.2) is 14.8 Å². The molecule has 2 heterocycles. The summed E-state index contributed by atoms with van der Waals surface area (Å²) in [6.07, 6.45) is 2.89. The van der Waals surface area contributed by atoms with E-state index >= 15 is 0 Å². The maximum absolute atomic E-state index is 13.9. The first kappa shape index (κ1) is 19.7. The van der Waals surface area contributed by atoms with Gasteiger partial charge in [0.15, 0.2) is 6.10 Å². The SMILES string of the molecule is CC(On1ccc2ncc(-c3ccccc3CO)cc21)c1c(Cl)ccc(F)c1Cl. The molecule has 0 aliphatic carbocycles. The van der Waals surface area contributed by atoms with Crippen molar-refractivity contribution in [2.75, 3.05) is 0 Å². The molecule has 0 radical (unpaired) electrons. The summed E-state index contributed by atoms with van der Waals surface area (Å²) >= 11 is 12.3. The Morgan fingerprint density at radius 1 is 1.17 bits per heavy atom. The van der Waals surface area contributed by atoms with E-state index < -0.39 is 11.9 Å². The van der Waals surface area contributed by atoms with Crippen LogP contribution in [0, 0.1) is 5.82 Å². The Morgan fingerprint density at radius 3 is 2.76 bits per heavy atom. The lowest BCUT2D eigenvalue weighted by molar-refractivity contribution is 0.0562. The number of aliphatic hydroxyl groups is 1. The molecule has 4 nitrogen and oxygen atoms in total. The number of rotatable bonds is 5. The van der Waals surface area contributed by atoms with Gasteiger partial charge in [0.2, 0.25) is 0 Å². The lowest BCUT2D eigenvalue weighted by Gasteiger charge is -2.19. The molecule has 1 N–H and O–H groups in total. The minimum atomic E-state index is -0.602. The Kier molecular flexibility index (Phi) is 5.46. The topological polar surface area (TPSA) is 47.3 Å². The largest absolute Gasteiger partial charge is 0.406 e. The van der Waals surface area contributed by atoms with Crippen LogP contribution in [0.15, 0.2) is 60.9 Å². The minimum absolute atomic E-state index is 0.0582. The molecule has 0 amide bonds. The first-order valence-electron chi connectivity index (χ1n) is 8.96. The minimum Gasteiger partial charge on any atom is -0.406 e. The van der Waals surface area contributed by atoms with Crippen LogP contribution in [0.5, 0.6) is 0 Å². The van der Waals surface area contributed by atoms with E-state index in [0.717, 1.165) is 27.7 Å². The summed E-state index contributed by atoms with van der Waals surface area (Å²) < 4.78 is 15.4. The third kappa shape index (κ3) is 3.69. The van der Waals surface area contributed by atoms with Gasteiger partial charge in [-0.1, -0.05) is 47.5 Å². The molecule has 0 aliphatic heterocycles. The van der Waals surface area contributed by atoms with Crippen molar-refractivity contribution in [3.05, 3.63) is 87.9 Å². The number of aromatic nitrogens is 2. The average Bonchev–Trinajstić information content (AvgIpc) is 3.13. The van der Waals surface area contributed by atoms with Crippen molar-refractivity contribution < 1.29 is 14.3 Å². The lowest BCUT2D eigenvalue weighted by Crippen LogP contribution is -2.16. The van der Waals surface area contributed by atoms with Gasteiger partial charge < -0.3 is 9.94 Å². The first-order chi connectivity index (χ1) is 14.0. The van der Waals surface area contributed by atoms with Gasteiger partial charge in [-0.15, -0.1) is 0 Å². The van der Waals surface area contributed by atoms with Crippen molar-refractivity contribution in [1.29, 1.82) is 0 Å². The molecular formula is C22H17Cl2FN2O2. The number of benzene rings is 2. The average molecular weight is 431 g/mol. The molecule has 29 heavy (non-hydrogen) atoms. The molecule has 0 fully saturated rings. The van der Waals surface area contributed by atoms with E-state index in [9.17, 15) is 9.50 Å². The molecule has 4 rings (SSSR count). The van der Waals surface area contributed by atoms with Crippen LogP contribution >= 0.6 is 23.2 Å². The fraction of sp³-hybridized carbons (Fsp3) is 0.136. The van der Waals surface area contributed by atoms with Crippen LogP contribution in [-0.2, 0) is 6.61 Å². The van der Waals surface area contributed by atoms with Gasteiger partial charge in [0.05, 0.1) is 17.1 Å². The Bertz CT molecular complexity index is 1190. The second-order valence-electron chi connectivity index (χ2n) is 6.59. The summed E-state index contributed by atoms with van der Waals surface area (Å²) in [7, 11) is 0. The summed E-state index contributed by atoms with van der Waals surface area (Å²) in [5.41, 5.74) is 4.38. The third-order valence-corrected chi connectivity index (χ3v) is 5.47. The van der Waals surface area contributed by atoms with E-state index in [1.807, 2.05) is 36.4 Å². The highest BCUT2D eigenvalue weighted by Gasteiger charge is 2.20. The zero-order chi connectivity index (χ0) is 20.5. The predicted octanol–water partition coefficient (Wildman–Crippen LogP) is 5.83. The maximum Gasteiger partial charge on any atom is 0.150 e. The number of pyridine rings is 1. The normalized spacial score (nSPS) is 12.3. The number of hydrogen-bond acceptors (Lipinski definition) is 3. The Balaban J connectivity index is 1.73. The van der Waals surface area contributed by atoms with E-state index in [1.165, 1.54) is 12.1 Å². The van der Waals surface area contributed by atoms with E-state index in [4.69, 9.17) is 28.0 Å². The molecule has 0 spiro atoms. The summed E-state index contributed by atoms with van der Waals surface area (Å²) in [6, 6.07) is 14.0. The van der Waals surface area contributed by atoms with Crippen LogP contribution in [0.1, 0.15) is 24.2 Å². The molecule has 4 aromatic rings. The molecule has 2 aromatic carbocycles. The molecule has 0 saturated carbocycles. The molecule has 1 atom stereocenters. The molecule has 1 unspecified atom stereocenters. The van der Waals surface area contributed by atoms with Gasteiger partial charge in [0, 0.05) is 28.5 Å². The lowest BCUT2D eigenvalue weighted by atomic mass is 10.0. The molecule has 0 saturated heterocycles. The molecule has 2 aromatic heterocycles. The van der Waals surface area contributed by atoms with Gasteiger partial charge in [0.25, 0.3) is 0 Å². The summed E-state index contributed by atoms with van der Waals surface area (Å²) in [6.45, 7) is 1.68. The zero-order valence-corrected chi connectivity index (χ0v) is 17.0. The van der Waals surface area contributed by atoms with Gasteiger partial charge in [-0.25, -0.2) is 4.39 Å². The number of aliphatic hydroxyl groups excluding tert-OH is 1. The Morgan fingerprint density at radius 2 is 1.97 bits per heavy atom. The van der Waals surface area contributed by atoms with E-state index in [1.54, 1.807) is 24.0 Å². The van der Waals surface area contributed by atoms with Gasteiger partial charge in [-0.3, -0.25) is 4.98 Å². The van der Waals surface area contributed by atoms with Crippen molar-refractivity contribution in [3.8, 4) is 11.1 Å². The van der Waals surface area contributed by atoms with Gasteiger partial charge in [-0.2, -0.15) is 4.73 Å². The molecule has 148 valence electrons. The van der Waals surface area contributed by atoms with E-state index in [2.05, 4.69) is 4.98 Å². The highest BCUT2D eigenvalue weighted by Crippen LogP contribution is 2.34. The maximum atomic E-state index is 13.9. The molecule has 0 aliphatic rings. The summed E-state index contributed by atoms with van der Waals surface area (Å²) in [5, 5.41) is 9.89. The number of hydrogen-bond donors (Lipinski definition) is 1. The van der Waals surface area contributed by atoms with Crippen LogP contribution in [0.2, 0.25) is 10.0 Å². The highest BCUT2D eigenvalue weighted by atomic mass is 35.5. The van der Waals surface area contributed by atoms with E-state index in [0.29, 0.717) is 10.6 Å². The zero-order valence-electron chi connectivity index (χ0n) is 15.4. The van der Waals surface area contributed by atoms with Crippen LogP contribution in [0.25, 0.3) is 22.2 Å². The van der Waals surface area contributed by atoms with Crippen LogP contribution < -0.4 is 4.84 Å². The number of halogens is 3.